The Morgan fingerprint density at radius 1 is 1.39 bits per heavy atom. The number of fused-ring (bicyclic) bond motifs is 1. The summed E-state index contributed by atoms with van der Waals surface area (Å²) < 4.78 is 22.8. The Morgan fingerprint density at radius 2 is 2.06 bits per heavy atom. The van der Waals surface area contributed by atoms with Crippen LogP contribution in [0.3, 0.4) is 0 Å². The second-order valence-electron chi connectivity index (χ2n) is 5.08. The zero-order valence-electron chi connectivity index (χ0n) is 11.3. The van der Waals surface area contributed by atoms with Gasteiger partial charge in [0.05, 0.1) is 0 Å². The fraction of sp³-hybridized carbons (Fsp3) is 0.917. The van der Waals surface area contributed by atoms with Gasteiger partial charge in [-0.2, -0.15) is 0 Å². The van der Waals surface area contributed by atoms with Crippen molar-refractivity contribution in [2.45, 2.75) is 63.3 Å². The van der Waals surface area contributed by atoms with Gasteiger partial charge in [-0.1, -0.05) is 18.7 Å². The number of carbonyl (C=O) groups is 1. The van der Waals surface area contributed by atoms with Crippen LogP contribution in [0.5, 0.6) is 0 Å². The first-order valence-corrected chi connectivity index (χ1v) is 6.93. The van der Waals surface area contributed by atoms with Gasteiger partial charge in [0, 0.05) is 19.3 Å². The van der Waals surface area contributed by atoms with Gasteiger partial charge in [0.25, 0.3) is 0 Å². The number of carbonyl (C=O) groups excluding carboxylic acids is 1. The smallest absolute Gasteiger partial charge is 0.190 e. The molecule has 104 valence electrons. The van der Waals surface area contributed by atoms with E-state index in [9.17, 15) is 4.79 Å². The maximum absolute atomic E-state index is 11.2. The summed E-state index contributed by atoms with van der Waals surface area (Å²) in [6, 6.07) is 0. The van der Waals surface area contributed by atoms with Gasteiger partial charge in [-0.15, -0.1) is 0 Å². The van der Waals surface area contributed by atoms with Crippen molar-refractivity contribution in [3.05, 3.63) is 0 Å². The monoisotopic (exact) mass is 276 g/mol. The van der Waals surface area contributed by atoms with E-state index in [4.69, 9.17) is 18.9 Å². The third-order valence-corrected chi connectivity index (χ3v) is 4.09. The highest BCUT2D eigenvalue weighted by Crippen LogP contribution is 2.41. The molecule has 0 aromatic heterocycles. The van der Waals surface area contributed by atoms with Crippen LogP contribution in [0.1, 0.15) is 27.7 Å². The Bertz CT molecular complexity index is 332. The Kier molecular flexibility index (Phi) is 4.04. The first-order valence-electron chi connectivity index (χ1n) is 6.05. The van der Waals surface area contributed by atoms with E-state index >= 15 is 0 Å². The van der Waals surface area contributed by atoms with E-state index < -0.39 is 12.1 Å². The average Bonchev–Trinajstić information content (AvgIpc) is 2.68. The molecule has 0 aliphatic carbocycles. The molecule has 0 aromatic carbocycles. The lowest BCUT2D eigenvalue weighted by Gasteiger charge is -2.27. The number of thioether (sulfide) groups is 1. The van der Waals surface area contributed by atoms with Crippen molar-refractivity contribution < 1.29 is 23.7 Å². The maximum atomic E-state index is 11.2. The quantitative estimate of drug-likeness (QED) is 0.779. The van der Waals surface area contributed by atoms with Crippen molar-refractivity contribution in [1.82, 2.24) is 0 Å². The minimum atomic E-state index is -0.645. The van der Waals surface area contributed by atoms with Crippen molar-refractivity contribution in [3.63, 3.8) is 0 Å². The molecule has 2 saturated heterocycles. The highest BCUT2D eigenvalue weighted by atomic mass is 32.2. The van der Waals surface area contributed by atoms with E-state index in [1.807, 2.05) is 20.8 Å². The molecule has 0 spiro atoms. The SMILES string of the molecule is CO[C@@H]1[C@H]2OC(C)(C)O[C@H]2O[C@@H]1[C@H](C)SC(C)=O. The van der Waals surface area contributed by atoms with Gasteiger partial charge in [-0.05, 0) is 13.8 Å². The van der Waals surface area contributed by atoms with E-state index in [1.54, 1.807) is 14.0 Å². The van der Waals surface area contributed by atoms with Crippen molar-refractivity contribution in [3.8, 4) is 0 Å². The van der Waals surface area contributed by atoms with Crippen molar-refractivity contribution >= 4 is 16.9 Å². The lowest BCUT2D eigenvalue weighted by molar-refractivity contribution is -0.216. The molecule has 5 atom stereocenters. The Hall–Kier alpha value is -0.140. The zero-order chi connectivity index (χ0) is 13.5. The van der Waals surface area contributed by atoms with E-state index in [-0.39, 0.29) is 28.7 Å². The van der Waals surface area contributed by atoms with Crippen LogP contribution in [-0.4, -0.2) is 47.9 Å². The number of ether oxygens (including phenoxy) is 4. The summed E-state index contributed by atoms with van der Waals surface area (Å²) in [5.41, 5.74) is 0. The van der Waals surface area contributed by atoms with Gasteiger partial charge in [0.1, 0.15) is 18.3 Å². The molecule has 18 heavy (non-hydrogen) atoms. The van der Waals surface area contributed by atoms with Crippen LogP contribution in [-0.2, 0) is 23.7 Å². The second kappa shape index (κ2) is 5.09. The molecule has 0 saturated carbocycles. The molecule has 2 aliphatic heterocycles. The normalized spacial score (nSPS) is 39.6. The van der Waals surface area contributed by atoms with Crippen molar-refractivity contribution in [2.75, 3.05) is 7.11 Å². The molecule has 0 bridgehead atoms. The molecular formula is C12H20O5S. The fourth-order valence-corrected chi connectivity index (χ4v) is 3.36. The molecule has 5 nitrogen and oxygen atoms in total. The van der Waals surface area contributed by atoms with Crippen LogP contribution in [0.2, 0.25) is 0 Å². The Balaban J connectivity index is 2.06. The first kappa shape index (κ1) is 14.3. The van der Waals surface area contributed by atoms with E-state index in [0.29, 0.717) is 0 Å². The summed E-state index contributed by atoms with van der Waals surface area (Å²) in [6.45, 7) is 7.21. The summed E-state index contributed by atoms with van der Waals surface area (Å²) in [4.78, 5) is 11.2. The van der Waals surface area contributed by atoms with Crippen LogP contribution in [0, 0.1) is 0 Å². The molecule has 0 amide bonds. The van der Waals surface area contributed by atoms with Gasteiger partial charge in [-0.25, -0.2) is 0 Å². The summed E-state index contributed by atoms with van der Waals surface area (Å²) in [5, 5.41) is 0.0774. The summed E-state index contributed by atoms with van der Waals surface area (Å²) in [5.74, 6) is -0.645. The van der Waals surface area contributed by atoms with Crippen LogP contribution in [0.25, 0.3) is 0 Å². The summed E-state index contributed by atoms with van der Waals surface area (Å²) in [6.07, 6.45) is -1.05. The zero-order valence-corrected chi connectivity index (χ0v) is 12.2. The molecule has 0 unspecified atom stereocenters. The van der Waals surface area contributed by atoms with E-state index in [2.05, 4.69) is 0 Å². The maximum Gasteiger partial charge on any atom is 0.190 e. The first-order chi connectivity index (χ1) is 8.34. The predicted molar refractivity (Wildman–Crippen MR) is 67.2 cm³/mol. The number of methoxy groups -OCH3 is 1. The van der Waals surface area contributed by atoms with Gasteiger partial charge in [0.2, 0.25) is 0 Å². The highest BCUT2D eigenvalue weighted by molar-refractivity contribution is 8.14. The van der Waals surface area contributed by atoms with E-state index in [1.165, 1.54) is 11.8 Å². The molecule has 0 aromatic rings. The number of hydrogen-bond acceptors (Lipinski definition) is 6. The molecule has 2 fully saturated rings. The van der Waals surface area contributed by atoms with Gasteiger partial charge < -0.3 is 18.9 Å². The number of rotatable bonds is 3. The predicted octanol–water partition coefficient (Wildman–Crippen LogP) is 1.55. The van der Waals surface area contributed by atoms with Crippen LogP contribution >= 0.6 is 11.8 Å². The van der Waals surface area contributed by atoms with Crippen molar-refractivity contribution in [2.24, 2.45) is 0 Å². The topological polar surface area (TPSA) is 54.0 Å². The standard InChI is InChI=1S/C12H20O5S/c1-6(18-7(2)13)8-9(14-5)10-11(15-8)17-12(3,4)16-10/h6,8-11H,1-5H3/t6-,8+,9-,10+,11+/m0/s1. The second-order valence-corrected chi connectivity index (χ2v) is 6.64. The minimum Gasteiger partial charge on any atom is -0.376 e. The van der Waals surface area contributed by atoms with Gasteiger partial charge in [-0.3, -0.25) is 4.79 Å². The van der Waals surface area contributed by atoms with Crippen LogP contribution in [0.15, 0.2) is 0 Å². The molecule has 6 heteroatoms. The lowest BCUT2D eigenvalue weighted by atomic mass is 10.1. The van der Waals surface area contributed by atoms with Crippen molar-refractivity contribution in [1.29, 1.82) is 0 Å². The molecule has 2 heterocycles. The summed E-state index contributed by atoms with van der Waals surface area (Å²) >= 11 is 1.25. The van der Waals surface area contributed by atoms with Gasteiger partial charge >= 0.3 is 0 Å². The van der Waals surface area contributed by atoms with Crippen LogP contribution < -0.4 is 0 Å². The lowest BCUT2D eigenvalue weighted by Crippen LogP contribution is -2.40. The largest absolute Gasteiger partial charge is 0.376 e. The third kappa shape index (κ3) is 2.72. The van der Waals surface area contributed by atoms with E-state index in [0.717, 1.165) is 0 Å². The van der Waals surface area contributed by atoms with Crippen LogP contribution in [0.4, 0.5) is 0 Å². The average molecular weight is 276 g/mol. The molecule has 2 aliphatic rings. The Labute approximate surface area is 111 Å². The minimum absolute atomic E-state index is 0.00774. The Morgan fingerprint density at radius 3 is 2.61 bits per heavy atom. The van der Waals surface area contributed by atoms with Gasteiger partial charge in [0.15, 0.2) is 17.2 Å². The third-order valence-electron chi connectivity index (χ3n) is 3.11. The molecule has 0 N–H and O–H groups in total. The molecular weight excluding hydrogens is 256 g/mol. The molecule has 0 radical (unpaired) electrons. The fourth-order valence-electron chi connectivity index (χ4n) is 2.48. The summed E-state index contributed by atoms with van der Waals surface area (Å²) in [7, 11) is 1.63. The highest BCUT2D eigenvalue weighted by Gasteiger charge is 2.56. The molecule has 2 rings (SSSR count). The number of hydrogen-bond donors (Lipinski definition) is 0.